The van der Waals surface area contributed by atoms with Crippen LogP contribution in [0, 0.1) is 0 Å². The van der Waals surface area contributed by atoms with Crippen molar-refractivity contribution in [2.24, 2.45) is 0 Å². The highest BCUT2D eigenvalue weighted by atomic mass is 28.3. The van der Waals surface area contributed by atoms with Crippen LogP contribution in [0.2, 0.25) is 18.1 Å². The maximum atomic E-state index is 12.7. The molecule has 0 N–H and O–H groups in total. The van der Waals surface area contributed by atoms with Crippen LogP contribution in [-0.2, 0) is 14.3 Å². The van der Waals surface area contributed by atoms with Crippen LogP contribution in [0.15, 0.2) is 36.4 Å². The summed E-state index contributed by atoms with van der Waals surface area (Å²) >= 11 is 0. The molecule has 0 aliphatic rings. The van der Waals surface area contributed by atoms with Gasteiger partial charge in [-0.2, -0.15) is 0 Å². The predicted molar refractivity (Wildman–Crippen MR) is 121 cm³/mol. The van der Waals surface area contributed by atoms with Gasteiger partial charge in [0.05, 0.1) is 14.7 Å². The SMILES string of the molecule is CCOC(=O)C(/C=C(\c1ccccc1)[Si](C)(C)C(C)(C)C)OC(=O)N(CC)CC. The van der Waals surface area contributed by atoms with Crippen LogP contribution in [-0.4, -0.2) is 50.8 Å². The maximum Gasteiger partial charge on any atom is 0.410 e. The zero-order valence-electron chi connectivity index (χ0n) is 19.2. The van der Waals surface area contributed by atoms with Crippen molar-refractivity contribution in [2.45, 2.75) is 65.8 Å². The standard InChI is InChI=1S/C23H37NO4Si/c1-9-24(10-2)22(26)28-19(21(25)27-11-3)17-20(18-15-13-12-14-16-18)29(7,8)23(4,5)6/h12-17,19H,9-11H2,1-8H3/b20-17+. The normalized spacial score (nSPS) is 13.6. The molecule has 1 unspecified atom stereocenters. The van der Waals surface area contributed by atoms with Gasteiger partial charge in [0.15, 0.2) is 0 Å². The van der Waals surface area contributed by atoms with Crippen LogP contribution in [0.4, 0.5) is 4.79 Å². The molecule has 0 bridgehead atoms. The van der Waals surface area contributed by atoms with E-state index in [1.165, 1.54) is 0 Å². The number of rotatable bonds is 8. The van der Waals surface area contributed by atoms with Gasteiger partial charge in [0.1, 0.15) is 0 Å². The van der Waals surface area contributed by atoms with Crippen molar-refractivity contribution in [3.05, 3.63) is 42.0 Å². The molecule has 1 amide bonds. The van der Waals surface area contributed by atoms with E-state index in [-0.39, 0.29) is 11.6 Å². The fraction of sp³-hybridized carbons (Fsp3) is 0.565. The Kier molecular flexibility index (Phi) is 9.14. The number of ether oxygens (including phenoxy) is 2. The quantitative estimate of drug-likeness (QED) is 0.411. The van der Waals surface area contributed by atoms with Gasteiger partial charge < -0.3 is 14.4 Å². The summed E-state index contributed by atoms with van der Waals surface area (Å²) in [6.45, 7) is 18.0. The van der Waals surface area contributed by atoms with Crippen molar-refractivity contribution < 1.29 is 19.1 Å². The Labute approximate surface area is 177 Å². The van der Waals surface area contributed by atoms with Crippen LogP contribution in [0.25, 0.3) is 5.20 Å². The number of hydrogen-bond donors (Lipinski definition) is 0. The Balaban J connectivity index is 3.50. The Morgan fingerprint density at radius 3 is 2.07 bits per heavy atom. The summed E-state index contributed by atoms with van der Waals surface area (Å²) in [5.41, 5.74) is 1.05. The minimum absolute atomic E-state index is 0.0385. The van der Waals surface area contributed by atoms with E-state index < -0.39 is 26.2 Å². The number of amides is 1. The van der Waals surface area contributed by atoms with E-state index in [0.29, 0.717) is 13.1 Å². The third-order valence-electron chi connectivity index (χ3n) is 5.72. The highest BCUT2D eigenvalue weighted by Crippen LogP contribution is 2.44. The van der Waals surface area contributed by atoms with Gasteiger partial charge in [0, 0.05) is 13.1 Å². The second kappa shape index (κ2) is 10.6. The minimum Gasteiger partial charge on any atom is -0.463 e. The van der Waals surface area contributed by atoms with Crippen molar-refractivity contribution >= 4 is 25.3 Å². The van der Waals surface area contributed by atoms with Crippen molar-refractivity contribution in [1.82, 2.24) is 4.90 Å². The molecule has 0 aliphatic carbocycles. The van der Waals surface area contributed by atoms with Gasteiger partial charge in [-0.1, -0.05) is 69.4 Å². The highest BCUT2D eigenvalue weighted by molar-refractivity contribution is 6.96. The lowest BCUT2D eigenvalue weighted by molar-refractivity contribution is -0.150. The highest BCUT2D eigenvalue weighted by Gasteiger charge is 2.40. The van der Waals surface area contributed by atoms with Crippen LogP contribution in [0.3, 0.4) is 0 Å². The average molecular weight is 420 g/mol. The molecule has 0 aromatic heterocycles. The van der Waals surface area contributed by atoms with E-state index in [0.717, 1.165) is 10.8 Å². The number of nitrogens with zero attached hydrogens (tertiary/aromatic N) is 1. The van der Waals surface area contributed by atoms with E-state index in [1.54, 1.807) is 11.8 Å². The third kappa shape index (κ3) is 6.46. The predicted octanol–water partition coefficient (Wildman–Crippen LogP) is 5.53. The zero-order chi connectivity index (χ0) is 22.2. The van der Waals surface area contributed by atoms with Crippen LogP contribution >= 0.6 is 0 Å². The molecule has 0 saturated carbocycles. The molecule has 1 atom stereocenters. The minimum atomic E-state index is -2.05. The molecular formula is C23H37NO4Si. The van der Waals surface area contributed by atoms with Gasteiger partial charge in [0.2, 0.25) is 6.10 Å². The first-order valence-electron chi connectivity index (χ1n) is 10.4. The largest absolute Gasteiger partial charge is 0.463 e. The molecule has 5 nitrogen and oxygen atoms in total. The Hall–Kier alpha value is -2.08. The lowest BCUT2D eigenvalue weighted by atomic mass is 10.2. The number of benzene rings is 1. The molecule has 29 heavy (non-hydrogen) atoms. The second-order valence-corrected chi connectivity index (χ2v) is 13.8. The number of hydrogen-bond acceptors (Lipinski definition) is 4. The number of carbonyl (C=O) groups is 2. The maximum absolute atomic E-state index is 12.7. The van der Waals surface area contributed by atoms with Gasteiger partial charge >= 0.3 is 12.1 Å². The van der Waals surface area contributed by atoms with E-state index in [1.807, 2.05) is 50.3 Å². The lowest BCUT2D eigenvalue weighted by Gasteiger charge is -2.40. The molecule has 1 aromatic rings. The molecule has 0 spiro atoms. The van der Waals surface area contributed by atoms with Gasteiger partial charge in [0.25, 0.3) is 0 Å². The van der Waals surface area contributed by atoms with Gasteiger partial charge in [-0.05, 0) is 37.4 Å². The van der Waals surface area contributed by atoms with Crippen LogP contribution in [0.5, 0.6) is 0 Å². The summed E-state index contributed by atoms with van der Waals surface area (Å²) in [4.78, 5) is 26.8. The molecular weight excluding hydrogens is 382 g/mol. The molecule has 1 aromatic carbocycles. The molecule has 0 heterocycles. The van der Waals surface area contributed by atoms with E-state index >= 15 is 0 Å². The zero-order valence-corrected chi connectivity index (χ0v) is 20.2. The topological polar surface area (TPSA) is 55.8 Å². The fourth-order valence-corrected chi connectivity index (χ4v) is 5.14. The van der Waals surface area contributed by atoms with E-state index in [9.17, 15) is 9.59 Å². The summed E-state index contributed by atoms with van der Waals surface area (Å²) in [5.74, 6) is -0.542. The number of carbonyl (C=O) groups excluding carboxylic acids is 2. The van der Waals surface area contributed by atoms with Gasteiger partial charge in [-0.3, -0.25) is 0 Å². The summed E-state index contributed by atoms with van der Waals surface area (Å²) in [5, 5.41) is 1.12. The molecule has 0 fully saturated rings. The fourth-order valence-electron chi connectivity index (χ4n) is 2.88. The molecule has 0 radical (unpaired) electrons. The first kappa shape index (κ1) is 25.0. The van der Waals surface area contributed by atoms with Gasteiger partial charge in [-0.25, -0.2) is 9.59 Å². The molecule has 0 aliphatic heterocycles. The van der Waals surface area contributed by atoms with Crippen molar-refractivity contribution in [2.75, 3.05) is 19.7 Å². The Morgan fingerprint density at radius 1 is 1.07 bits per heavy atom. The first-order chi connectivity index (χ1) is 13.5. The summed E-state index contributed by atoms with van der Waals surface area (Å²) in [6, 6.07) is 10.0. The third-order valence-corrected chi connectivity index (χ3v) is 11.3. The van der Waals surface area contributed by atoms with Crippen molar-refractivity contribution in [1.29, 1.82) is 0 Å². The van der Waals surface area contributed by atoms with E-state index in [4.69, 9.17) is 9.47 Å². The summed E-state index contributed by atoms with van der Waals surface area (Å²) < 4.78 is 10.9. The Morgan fingerprint density at radius 2 is 1.62 bits per heavy atom. The lowest BCUT2D eigenvalue weighted by Crippen LogP contribution is -2.41. The monoisotopic (exact) mass is 419 g/mol. The van der Waals surface area contributed by atoms with Crippen molar-refractivity contribution in [3.8, 4) is 0 Å². The van der Waals surface area contributed by atoms with Crippen LogP contribution in [0.1, 0.15) is 47.1 Å². The number of esters is 1. The average Bonchev–Trinajstić information content (AvgIpc) is 2.65. The Bertz CT molecular complexity index is 703. The second-order valence-electron chi connectivity index (χ2n) is 8.55. The van der Waals surface area contributed by atoms with Crippen molar-refractivity contribution in [3.63, 3.8) is 0 Å². The van der Waals surface area contributed by atoms with Crippen LogP contribution < -0.4 is 0 Å². The smallest absolute Gasteiger partial charge is 0.410 e. The summed E-state index contributed by atoms with van der Waals surface area (Å²) in [6.07, 6.45) is 0.228. The molecule has 0 saturated heterocycles. The molecule has 162 valence electrons. The molecule has 6 heteroatoms. The van der Waals surface area contributed by atoms with E-state index in [2.05, 4.69) is 33.9 Å². The van der Waals surface area contributed by atoms with Gasteiger partial charge in [-0.15, -0.1) is 0 Å². The molecule has 1 rings (SSSR count). The summed E-state index contributed by atoms with van der Waals surface area (Å²) in [7, 11) is -2.05. The first-order valence-corrected chi connectivity index (χ1v) is 13.4.